The zero-order valence-electron chi connectivity index (χ0n) is 13.1. The van der Waals surface area contributed by atoms with Gasteiger partial charge in [-0.15, -0.1) is 0 Å². The van der Waals surface area contributed by atoms with Crippen LogP contribution in [-0.4, -0.2) is 5.97 Å². The SMILES string of the molecule is Cc1cc(C)c(OC(=O)CCc2ccccc2N=[N-])c(C)c1. The Labute approximate surface area is 130 Å². The van der Waals surface area contributed by atoms with Crippen molar-refractivity contribution in [2.75, 3.05) is 0 Å². The molecule has 0 saturated heterocycles. The summed E-state index contributed by atoms with van der Waals surface area (Å²) in [5, 5.41) is 3.22. The van der Waals surface area contributed by atoms with Crippen molar-refractivity contribution in [3.63, 3.8) is 0 Å². The first-order valence-corrected chi connectivity index (χ1v) is 7.23. The molecule has 2 aromatic rings. The molecule has 0 aromatic heterocycles. The van der Waals surface area contributed by atoms with Crippen molar-refractivity contribution in [3.8, 4) is 5.75 Å². The number of carbonyl (C=O) groups excluding carboxylic acids is 1. The number of aryl methyl sites for hydroxylation is 4. The molecular weight excluding hydrogens is 276 g/mol. The number of hydrogen-bond donors (Lipinski definition) is 0. The van der Waals surface area contributed by atoms with Gasteiger partial charge in [0, 0.05) is 5.69 Å². The van der Waals surface area contributed by atoms with Crippen LogP contribution in [0.5, 0.6) is 5.75 Å². The summed E-state index contributed by atoms with van der Waals surface area (Å²) in [5.41, 5.74) is 13.3. The maximum atomic E-state index is 12.1. The fraction of sp³-hybridized carbons (Fsp3) is 0.278. The summed E-state index contributed by atoms with van der Waals surface area (Å²) in [6.07, 6.45) is 0.711. The second-order valence-corrected chi connectivity index (χ2v) is 5.43. The molecular formula is C18H19N2O2-. The van der Waals surface area contributed by atoms with Crippen LogP contribution < -0.4 is 4.74 Å². The minimum Gasteiger partial charge on any atom is -0.706 e. The Balaban J connectivity index is 2.04. The second-order valence-electron chi connectivity index (χ2n) is 5.43. The number of rotatable bonds is 5. The van der Waals surface area contributed by atoms with E-state index < -0.39 is 0 Å². The van der Waals surface area contributed by atoms with Crippen molar-refractivity contribution in [2.24, 2.45) is 5.11 Å². The van der Waals surface area contributed by atoms with Crippen molar-refractivity contribution in [1.82, 2.24) is 0 Å². The lowest BCUT2D eigenvalue weighted by atomic mass is 10.1. The standard InChI is InChI=1S/C18H19N2O2/c1-12-10-13(2)18(14(3)11-12)22-17(21)9-8-15-6-4-5-7-16(15)20-19/h4-7,10-11H,8-9H2,1-3H3/q-1. The normalized spacial score (nSPS) is 10.3. The van der Waals surface area contributed by atoms with E-state index in [4.69, 9.17) is 10.3 Å². The van der Waals surface area contributed by atoms with E-state index in [9.17, 15) is 4.79 Å². The number of ether oxygens (including phenoxy) is 1. The summed E-state index contributed by atoms with van der Waals surface area (Å²) in [7, 11) is 0. The fourth-order valence-corrected chi connectivity index (χ4v) is 2.55. The number of nitrogens with zero attached hydrogens (tertiary/aromatic N) is 2. The largest absolute Gasteiger partial charge is 0.706 e. The van der Waals surface area contributed by atoms with Crippen molar-refractivity contribution in [1.29, 1.82) is 0 Å². The first-order valence-electron chi connectivity index (χ1n) is 7.23. The highest BCUT2D eigenvalue weighted by molar-refractivity contribution is 5.74. The van der Waals surface area contributed by atoms with Gasteiger partial charge in [0.2, 0.25) is 0 Å². The lowest BCUT2D eigenvalue weighted by Crippen LogP contribution is -2.11. The third kappa shape index (κ3) is 3.79. The van der Waals surface area contributed by atoms with Gasteiger partial charge in [0.15, 0.2) is 0 Å². The van der Waals surface area contributed by atoms with E-state index in [1.165, 1.54) is 0 Å². The molecule has 0 fully saturated rings. The molecule has 114 valence electrons. The number of esters is 1. The molecule has 0 unspecified atom stereocenters. The highest BCUT2D eigenvalue weighted by Gasteiger charge is 2.11. The number of benzene rings is 2. The summed E-state index contributed by atoms with van der Waals surface area (Å²) in [4.78, 5) is 12.1. The van der Waals surface area contributed by atoms with Gasteiger partial charge < -0.3 is 15.4 Å². The predicted molar refractivity (Wildman–Crippen MR) is 86.5 cm³/mol. The van der Waals surface area contributed by atoms with Gasteiger partial charge in [0.1, 0.15) is 5.75 Å². The molecule has 0 bridgehead atoms. The van der Waals surface area contributed by atoms with E-state index in [-0.39, 0.29) is 12.4 Å². The zero-order valence-corrected chi connectivity index (χ0v) is 13.1. The molecule has 0 heterocycles. The van der Waals surface area contributed by atoms with E-state index >= 15 is 0 Å². The smallest absolute Gasteiger partial charge is 0.311 e. The zero-order chi connectivity index (χ0) is 16.1. The van der Waals surface area contributed by atoms with E-state index in [1.807, 2.05) is 45.0 Å². The summed E-state index contributed by atoms with van der Waals surface area (Å²) in [6, 6.07) is 11.2. The van der Waals surface area contributed by atoms with Crippen molar-refractivity contribution >= 4 is 11.7 Å². The van der Waals surface area contributed by atoms with Gasteiger partial charge in [-0.2, -0.15) is 0 Å². The third-order valence-corrected chi connectivity index (χ3v) is 3.52. The van der Waals surface area contributed by atoms with E-state index in [0.29, 0.717) is 17.9 Å². The summed E-state index contributed by atoms with van der Waals surface area (Å²) >= 11 is 0. The Kier molecular flexibility index (Phi) is 5.04. The topological polar surface area (TPSA) is 61.0 Å². The quantitative estimate of drug-likeness (QED) is 0.451. The Morgan fingerprint density at radius 3 is 2.41 bits per heavy atom. The maximum Gasteiger partial charge on any atom is 0.311 e. The molecule has 4 heteroatoms. The fourth-order valence-electron chi connectivity index (χ4n) is 2.55. The average Bonchev–Trinajstić information content (AvgIpc) is 2.49. The number of carbonyl (C=O) groups is 1. The van der Waals surface area contributed by atoms with Gasteiger partial charge in [-0.3, -0.25) is 4.79 Å². The summed E-state index contributed by atoms with van der Waals surface area (Å²) < 4.78 is 5.49. The van der Waals surface area contributed by atoms with Gasteiger partial charge in [0.25, 0.3) is 0 Å². The Morgan fingerprint density at radius 2 is 1.77 bits per heavy atom. The molecule has 0 saturated carbocycles. The monoisotopic (exact) mass is 295 g/mol. The lowest BCUT2D eigenvalue weighted by Gasteiger charge is -2.12. The molecule has 0 radical (unpaired) electrons. The third-order valence-electron chi connectivity index (χ3n) is 3.52. The van der Waals surface area contributed by atoms with Crippen LogP contribution >= 0.6 is 0 Å². The van der Waals surface area contributed by atoms with E-state index in [2.05, 4.69) is 5.11 Å². The van der Waals surface area contributed by atoms with Crippen molar-refractivity contribution < 1.29 is 9.53 Å². The minimum atomic E-state index is -0.289. The first-order chi connectivity index (χ1) is 10.5. The molecule has 22 heavy (non-hydrogen) atoms. The molecule has 2 aromatic carbocycles. The molecule has 4 nitrogen and oxygen atoms in total. The van der Waals surface area contributed by atoms with E-state index in [1.54, 1.807) is 12.1 Å². The van der Waals surface area contributed by atoms with Crippen LogP contribution in [-0.2, 0) is 11.2 Å². The Hall–Kier alpha value is -2.49. The number of hydrogen-bond acceptors (Lipinski definition) is 3. The first kappa shape index (κ1) is 15.9. The highest BCUT2D eigenvalue weighted by atomic mass is 16.5. The Bertz CT molecular complexity index is 685. The average molecular weight is 295 g/mol. The van der Waals surface area contributed by atoms with Gasteiger partial charge >= 0.3 is 5.97 Å². The van der Waals surface area contributed by atoms with Gasteiger partial charge in [-0.05, 0) is 49.9 Å². The van der Waals surface area contributed by atoms with Crippen LogP contribution in [0.15, 0.2) is 41.5 Å². The molecule has 0 aliphatic carbocycles. The molecule has 0 atom stereocenters. The minimum absolute atomic E-state index is 0.235. The maximum absolute atomic E-state index is 12.1. The molecule has 0 aliphatic heterocycles. The van der Waals surface area contributed by atoms with Crippen LogP contribution in [0.1, 0.15) is 28.7 Å². The molecule has 2 rings (SSSR count). The van der Waals surface area contributed by atoms with Crippen molar-refractivity contribution in [3.05, 3.63) is 64.2 Å². The molecule has 0 amide bonds. The van der Waals surface area contributed by atoms with Crippen molar-refractivity contribution in [2.45, 2.75) is 33.6 Å². The van der Waals surface area contributed by atoms with Gasteiger partial charge in [-0.25, -0.2) is 0 Å². The summed E-state index contributed by atoms with van der Waals surface area (Å²) in [5.74, 6) is 0.346. The van der Waals surface area contributed by atoms with Crippen LogP contribution in [0.4, 0.5) is 5.69 Å². The highest BCUT2D eigenvalue weighted by Crippen LogP contribution is 2.25. The van der Waals surface area contributed by atoms with Gasteiger partial charge in [0.05, 0.1) is 6.42 Å². The van der Waals surface area contributed by atoms with E-state index in [0.717, 1.165) is 22.3 Å². The predicted octanol–water partition coefficient (Wildman–Crippen LogP) is 4.80. The second kappa shape index (κ2) is 6.98. The van der Waals surface area contributed by atoms with Crippen LogP contribution in [0.2, 0.25) is 0 Å². The van der Waals surface area contributed by atoms with Crippen LogP contribution in [0, 0.1) is 20.8 Å². The Morgan fingerprint density at radius 1 is 1.14 bits per heavy atom. The molecule has 0 N–H and O–H groups in total. The van der Waals surface area contributed by atoms with Crippen LogP contribution in [0.25, 0.3) is 5.53 Å². The molecule has 0 aliphatic rings. The molecule has 0 spiro atoms. The lowest BCUT2D eigenvalue weighted by molar-refractivity contribution is -0.134. The van der Waals surface area contributed by atoms with Gasteiger partial charge in [-0.1, -0.05) is 35.9 Å². The van der Waals surface area contributed by atoms with Crippen LogP contribution in [0.3, 0.4) is 0 Å². The summed E-state index contributed by atoms with van der Waals surface area (Å²) in [6.45, 7) is 5.88.